The summed E-state index contributed by atoms with van der Waals surface area (Å²) in [6.45, 7) is 2.99. The van der Waals surface area contributed by atoms with Crippen molar-refractivity contribution < 1.29 is 9.53 Å². The van der Waals surface area contributed by atoms with Gasteiger partial charge in [0, 0.05) is 31.8 Å². The fraction of sp³-hybridized carbons (Fsp3) is 0.600. The highest BCUT2D eigenvalue weighted by Gasteiger charge is 2.29. The summed E-state index contributed by atoms with van der Waals surface area (Å²) >= 11 is 0. The topological polar surface area (TPSA) is 56.1 Å². The second kappa shape index (κ2) is 4.02. The first kappa shape index (κ1) is 10.2. The average Bonchev–Trinajstić information content (AvgIpc) is 2.57. The van der Waals surface area contributed by atoms with Crippen LogP contribution in [0.15, 0.2) is 6.20 Å². The Bertz CT molecular complexity index is 373. The summed E-state index contributed by atoms with van der Waals surface area (Å²) < 4.78 is 6.75. The van der Waals surface area contributed by atoms with E-state index in [4.69, 9.17) is 4.74 Å². The highest BCUT2D eigenvalue weighted by Crippen LogP contribution is 2.22. The molecule has 1 aromatic rings. The third kappa shape index (κ3) is 1.87. The number of nitrogens with one attached hydrogen (secondary N) is 1. The molecule has 0 radical (unpaired) electrons. The molecule has 82 valence electrons. The minimum atomic E-state index is -0.345. The molecule has 2 heterocycles. The molecule has 0 aromatic carbocycles. The van der Waals surface area contributed by atoms with Crippen LogP contribution in [0.2, 0.25) is 0 Å². The summed E-state index contributed by atoms with van der Waals surface area (Å²) in [4.78, 5) is 11.6. The van der Waals surface area contributed by atoms with Crippen LogP contribution in [0.4, 0.5) is 0 Å². The molecule has 1 aliphatic heterocycles. The number of hydrogen-bond donors (Lipinski definition) is 1. The lowest BCUT2D eigenvalue weighted by molar-refractivity contribution is -0.146. The van der Waals surface area contributed by atoms with Crippen molar-refractivity contribution >= 4 is 5.97 Å². The molecule has 0 spiro atoms. The molecule has 0 fully saturated rings. The third-order valence-electron chi connectivity index (χ3n) is 2.48. The Balaban J connectivity index is 2.25. The molecule has 0 bridgehead atoms. The molecule has 1 unspecified atom stereocenters. The Kier molecular flexibility index (Phi) is 2.73. The molecular weight excluding hydrogens is 194 g/mol. The zero-order valence-corrected chi connectivity index (χ0v) is 8.99. The van der Waals surface area contributed by atoms with E-state index in [1.54, 1.807) is 4.68 Å². The molecule has 15 heavy (non-hydrogen) atoms. The van der Waals surface area contributed by atoms with E-state index in [-0.39, 0.29) is 12.0 Å². The van der Waals surface area contributed by atoms with Gasteiger partial charge in [-0.15, -0.1) is 0 Å². The summed E-state index contributed by atoms with van der Waals surface area (Å²) in [5.41, 5.74) is 1.94. The second-order valence-corrected chi connectivity index (χ2v) is 3.59. The third-order valence-corrected chi connectivity index (χ3v) is 2.48. The summed E-state index contributed by atoms with van der Waals surface area (Å²) in [5.74, 6) is -0.216. The van der Waals surface area contributed by atoms with Gasteiger partial charge in [0.05, 0.1) is 12.3 Å². The van der Waals surface area contributed by atoms with Gasteiger partial charge in [-0.25, -0.2) is 4.79 Å². The SMILES string of the molecule is CCOC(=O)C1NCCc2nn(C)cc21. The fourth-order valence-electron chi connectivity index (χ4n) is 1.87. The van der Waals surface area contributed by atoms with Crippen molar-refractivity contribution in [1.82, 2.24) is 15.1 Å². The number of fused-ring (bicyclic) bond motifs is 1. The Morgan fingerprint density at radius 1 is 1.80 bits per heavy atom. The maximum Gasteiger partial charge on any atom is 0.327 e. The van der Waals surface area contributed by atoms with E-state index in [1.807, 2.05) is 20.2 Å². The monoisotopic (exact) mass is 209 g/mol. The lowest BCUT2D eigenvalue weighted by Crippen LogP contribution is -2.35. The molecule has 1 N–H and O–H groups in total. The predicted octanol–water partition coefficient (Wildman–Crippen LogP) is 0.170. The predicted molar refractivity (Wildman–Crippen MR) is 54.3 cm³/mol. The molecule has 0 saturated heterocycles. The van der Waals surface area contributed by atoms with Gasteiger partial charge in [-0.2, -0.15) is 5.10 Å². The largest absolute Gasteiger partial charge is 0.465 e. The minimum absolute atomic E-state index is 0.216. The number of hydrogen-bond acceptors (Lipinski definition) is 4. The molecule has 5 nitrogen and oxygen atoms in total. The number of carbonyl (C=O) groups excluding carboxylic acids is 1. The molecule has 1 aliphatic rings. The van der Waals surface area contributed by atoms with Gasteiger partial charge >= 0.3 is 5.97 Å². The summed E-state index contributed by atoms with van der Waals surface area (Å²) in [5, 5.41) is 7.46. The first-order chi connectivity index (χ1) is 7.22. The van der Waals surface area contributed by atoms with Crippen molar-refractivity contribution in [3.63, 3.8) is 0 Å². The normalized spacial score (nSPS) is 19.7. The molecule has 5 heteroatoms. The van der Waals surface area contributed by atoms with Crippen LogP contribution >= 0.6 is 0 Å². The highest BCUT2D eigenvalue weighted by atomic mass is 16.5. The number of esters is 1. The van der Waals surface area contributed by atoms with Gasteiger partial charge in [-0.05, 0) is 6.92 Å². The minimum Gasteiger partial charge on any atom is -0.465 e. The quantitative estimate of drug-likeness (QED) is 0.705. The van der Waals surface area contributed by atoms with Crippen LogP contribution in [0.25, 0.3) is 0 Å². The Labute approximate surface area is 88.4 Å². The number of aromatic nitrogens is 2. The van der Waals surface area contributed by atoms with Gasteiger partial charge in [-0.1, -0.05) is 0 Å². The number of nitrogens with zero attached hydrogens (tertiary/aromatic N) is 2. The van der Waals surface area contributed by atoms with E-state index in [9.17, 15) is 4.79 Å². The summed E-state index contributed by atoms with van der Waals surface area (Å²) in [6, 6.07) is -0.345. The molecule has 1 aromatic heterocycles. The first-order valence-corrected chi connectivity index (χ1v) is 5.14. The zero-order valence-electron chi connectivity index (χ0n) is 8.99. The Morgan fingerprint density at radius 2 is 2.60 bits per heavy atom. The molecule has 2 rings (SSSR count). The zero-order chi connectivity index (χ0) is 10.8. The fourth-order valence-corrected chi connectivity index (χ4v) is 1.87. The number of aryl methyl sites for hydroxylation is 1. The molecule has 0 saturated carbocycles. The maximum atomic E-state index is 11.6. The van der Waals surface area contributed by atoms with Gasteiger partial charge in [0.25, 0.3) is 0 Å². The summed E-state index contributed by atoms with van der Waals surface area (Å²) in [6.07, 6.45) is 2.75. The van der Waals surface area contributed by atoms with Crippen molar-refractivity contribution in [3.05, 3.63) is 17.5 Å². The summed E-state index contributed by atoms with van der Waals surface area (Å²) in [7, 11) is 1.86. The van der Waals surface area contributed by atoms with Crippen LogP contribution in [0, 0.1) is 0 Å². The highest BCUT2D eigenvalue weighted by molar-refractivity contribution is 5.78. The standard InChI is InChI=1S/C10H15N3O2/c1-3-15-10(14)9-7-6-13(2)12-8(7)4-5-11-9/h6,9,11H,3-5H2,1-2H3. The van der Waals surface area contributed by atoms with Gasteiger partial charge in [0.15, 0.2) is 0 Å². The number of carbonyl (C=O) groups is 1. The van der Waals surface area contributed by atoms with Crippen molar-refractivity contribution in [1.29, 1.82) is 0 Å². The van der Waals surface area contributed by atoms with Crippen molar-refractivity contribution in [2.75, 3.05) is 13.2 Å². The van der Waals surface area contributed by atoms with E-state index >= 15 is 0 Å². The van der Waals surface area contributed by atoms with E-state index in [0.29, 0.717) is 6.61 Å². The van der Waals surface area contributed by atoms with Crippen LogP contribution in [0.3, 0.4) is 0 Å². The van der Waals surface area contributed by atoms with Gasteiger partial charge in [0.2, 0.25) is 0 Å². The number of rotatable bonds is 2. The average molecular weight is 209 g/mol. The van der Waals surface area contributed by atoms with E-state index in [2.05, 4.69) is 10.4 Å². The van der Waals surface area contributed by atoms with Crippen molar-refractivity contribution in [2.45, 2.75) is 19.4 Å². The lowest BCUT2D eigenvalue weighted by Gasteiger charge is -2.21. The second-order valence-electron chi connectivity index (χ2n) is 3.59. The molecular formula is C10H15N3O2. The van der Waals surface area contributed by atoms with Gasteiger partial charge in [0.1, 0.15) is 6.04 Å². The van der Waals surface area contributed by atoms with Crippen LogP contribution in [-0.2, 0) is 23.0 Å². The van der Waals surface area contributed by atoms with Crippen molar-refractivity contribution in [2.24, 2.45) is 7.05 Å². The Morgan fingerprint density at radius 3 is 3.33 bits per heavy atom. The van der Waals surface area contributed by atoms with Gasteiger partial charge in [-0.3, -0.25) is 4.68 Å². The maximum absolute atomic E-state index is 11.6. The van der Waals surface area contributed by atoms with E-state index in [1.165, 1.54) is 0 Å². The van der Waals surface area contributed by atoms with Crippen LogP contribution in [0.5, 0.6) is 0 Å². The first-order valence-electron chi connectivity index (χ1n) is 5.14. The molecule has 0 aliphatic carbocycles. The van der Waals surface area contributed by atoms with Crippen LogP contribution < -0.4 is 5.32 Å². The lowest BCUT2D eigenvalue weighted by atomic mass is 10.0. The van der Waals surface area contributed by atoms with E-state index < -0.39 is 0 Å². The smallest absolute Gasteiger partial charge is 0.327 e. The van der Waals surface area contributed by atoms with Crippen LogP contribution in [0.1, 0.15) is 24.2 Å². The van der Waals surface area contributed by atoms with Crippen molar-refractivity contribution in [3.8, 4) is 0 Å². The number of ether oxygens (including phenoxy) is 1. The van der Waals surface area contributed by atoms with Gasteiger partial charge < -0.3 is 10.1 Å². The molecule has 1 atom stereocenters. The van der Waals surface area contributed by atoms with E-state index in [0.717, 1.165) is 24.2 Å². The van der Waals surface area contributed by atoms with Crippen LogP contribution in [-0.4, -0.2) is 28.9 Å². The Hall–Kier alpha value is -1.36. The molecule has 0 amide bonds.